The van der Waals surface area contributed by atoms with E-state index in [4.69, 9.17) is 114 Å². The second kappa shape index (κ2) is 47.3. The van der Waals surface area contributed by atoms with Gasteiger partial charge in [0.05, 0.1) is 98.7 Å². The fourth-order valence-corrected chi connectivity index (χ4v) is 22.6. The van der Waals surface area contributed by atoms with E-state index in [1.54, 1.807) is 79.6 Å². The van der Waals surface area contributed by atoms with E-state index in [0.717, 1.165) is 24.0 Å². The molecule has 780 valence electrons. The summed E-state index contributed by atoms with van der Waals surface area (Å²) in [5.41, 5.74) is 2.49. The zero-order chi connectivity index (χ0) is 101. The van der Waals surface area contributed by atoms with Crippen LogP contribution in [0.2, 0.25) is 0 Å². The first-order valence-corrected chi connectivity index (χ1v) is 50.3. The fourth-order valence-electron chi connectivity index (χ4n) is 22.6. The highest BCUT2D eigenvalue weighted by Crippen LogP contribution is 2.51. The molecule has 1 aromatic rings. The number of hydrogen-bond donors (Lipinski definition) is 6. The van der Waals surface area contributed by atoms with Crippen molar-refractivity contribution in [3.05, 3.63) is 143 Å². The highest BCUT2D eigenvalue weighted by Gasteiger charge is 2.63. The molecule has 2 aliphatic carbocycles. The van der Waals surface area contributed by atoms with Gasteiger partial charge in [-0.15, -0.1) is 0 Å². The number of carbonyl (C=O) groups is 4. The second-order valence-electron chi connectivity index (χ2n) is 40.8. The van der Waals surface area contributed by atoms with Gasteiger partial charge in [0, 0.05) is 124 Å². The minimum atomic E-state index is -1.87. The predicted molar refractivity (Wildman–Crippen MR) is 509 cm³/mol. The molecule has 12 heterocycles. The van der Waals surface area contributed by atoms with Crippen molar-refractivity contribution in [2.75, 3.05) is 55.8 Å². The van der Waals surface area contributed by atoms with Crippen molar-refractivity contribution >= 4 is 24.1 Å². The monoisotopic (exact) mass is 1970 g/mol. The summed E-state index contributed by atoms with van der Waals surface area (Å²) in [6.07, 6.45) is 15.5. The van der Waals surface area contributed by atoms with Crippen molar-refractivity contribution < 1.29 is 153 Å². The lowest BCUT2D eigenvalue weighted by atomic mass is 9.71. The second-order valence-corrected chi connectivity index (χ2v) is 40.8. The van der Waals surface area contributed by atoms with Crippen LogP contribution in [0.3, 0.4) is 0 Å². The number of fused-ring (bicyclic) bond motifs is 4. The Morgan fingerprint density at radius 1 is 0.479 bits per heavy atom. The maximum Gasteiger partial charge on any atom is 0.436 e. The highest BCUT2D eigenvalue weighted by molar-refractivity contribution is 5.80. The number of ether oxygens (including phenoxy) is 23. The molecule has 2 spiro atoms. The molecule has 2 amide bonds. The van der Waals surface area contributed by atoms with Gasteiger partial charge in [-0.2, -0.15) is 5.48 Å². The summed E-state index contributed by atoms with van der Waals surface area (Å²) in [5, 5.41) is 50.0. The maximum absolute atomic E-state index is 14.4. The van der Waals surface area contributed by atoms with E-state index in [9.17, 15) is 39.6 Å². The summed E-state index contributed by atoms with van der Waals surface area (Å²) in [5.74, 6) is -5.00. The molecule has 34 nitrogen and oxygen atoms in total. The number of hydroxylamine groups is 1. The Balaban J connectivity index is 0.000000227. The molecule has 15 rings (SSSR count). The summed E-state index contributed by atoms with van der Waals surface area (Å²) in [6, 6.07) is 6.01. The van der Waals surface area contributed by atoms with E-state index >= 15 is 0 Å². The topological polar surface area (TPSA) is 395 Å². The summed E-state index contributed by atoms with van der Waals surface area (Å²) in [4.78, 5) is 59.0. The minimum Gasteiger partial charge on any atom is -0.462 e. The number of benzene rings is 1. The van der Waals surface area contributed by atoms with E-state index in [0.29, 0.717) is 73.7 Å². The van der Waals surface area contributed by atoms with Gasteiger partial charge in [-0.1, -0.05) is 147 Å². The summed E-state index contributed by atoms with van der Waals surface area (Å²) in [6.45, 7) is 32.2. The average molecular weight is 1970 g/mol. The number of esters is 2. The zero-order valence-electron chi connectivity index (χ0n) is 85.3. The van der Waals surface area contributed by atoms with Gasteiger partial charge in [-0.25, -0.2) is 9.59 Å². The Labute approximate surface area is 824 Å². The molecule has 8 fully saturated rings. The summed E-state index contributed by atoms with van der Waals surface area (Å²) in [7, 11) is 9.58. The van der Waals surface area contributed by atoms with Crippen molar-refractivity contribution in [2.24, 2.45) is 47.3 Å². The van der Waals surface area contributed by atoms with E-state index in [1.165, 1.54) is 32.4 Å². The van der Waals surface area contributed by atoms with E-state index in [-0.39, 0.29) is 116 Å². The number of aliphatic hydroxyl groups excluding tert-OH is 2. The molecular formula is C106H154N2O32. The first-order valence-electron chi connectivity index (χ1n) is 50.3. The van der Waals surface area contributed by atoms with Gasteiger partial charge in [0.25, 0.3) is 0 Å². The highest BCUT2D eigenvalue weighted by atomic mass is 16.8. The Kier molecular flexibility index (Phi) is 36.8. The number of carbonyl (C=O) groups excluding carboxylic acids is 4. The lowest BCUT2D eigenvalue weighted by Gasteiger charge is -2.48. The van der Waals surface area contributed by atoms with Crippen LogP contribution >= 0.6 is 0 Å². The quantitative estimate of drug-likeness (QED) is 0.0378. The smallest absolute Gasteiger partial charge is 0.436 e. The van der Waals surface area contributed by atoms with Gasteiger partial charge in [0.15, 0.2) is 36.7 Å². The molecule has 40 atom stereocenters. The fraction of sp³-hybridized carbons (Fsp3) is 0.717. The van der Waals surface area contributed by atoms with E-state index in [1.807, 2.05) is 71.1 Å². The average Bonchev–Trinajstić information content (AvgIpc) is 1.57. The number of amides is 2. The van der Waals surface area contributed by atoms with Gasteiger partial charge in [0.2, 0.25) is 0 Å². The molecule has 3 unspecified atom stereocenters. The first-order chi connectivity index (χ1) is 66.8. The lowest BCUT2D eigenvalue weighted by molar-refractivity contribution is -0.323. The summed E-state index contributed by atoms with van der Waals surface area (Å²) < 4.78 is 145. The van der Waals surface area contributed by atoms with Crippen molar-refractivity contribution in [3.63, 3.8) is 0 Å². The van der Waals surface area contributed by atoms with Gasteiger partial charge in [-0.05, 0) is 138 Å². The van der Waals surface area contributed by atoms with Crippen LogP contribution in [0, 0.1) is 47.3 Å². The molecule has 12 aliphatic heterocycles. The predicted octanol–water partition coefficient (Wildman–Crippen LogP) is 12.9. The number of aliphatic hydroxyl groups is 4. The van der Waals surface area contributed by atoms with Gasteiger partial charge >= 0.3 is 24.1 Å². The number of rotatable bonds is 21. The molecule has 34 heteroatoms. The molecule has 6 N–H and O–H groups in total. The third kappa shape index (κ3) is 24.3. The molecule has 0 aromatic heterocycles. The maximum atomic E-state index is 14.4. The van der Waals surface area contributed by atoms with Gasteiger partial charge in [-0.3, -0.25) is 14.4 Å². The third-order valence-electron chi connectivity index (χ3n) is 30.9. The third-order valence-corrected chi connectivity index (χ3v) is 30.9. The normalized spacial score (nSPS) is 44.7. The molecular weight excluding hydrogens is 1810 g/mol. The van der Waals surface area contributed by atoms with Crippen LogP contribution in [0.5, 0.6) is 11.5 Å². The first kappa shape index (κ1) is 109. The standard InChI is InChI=1S/C57H80N2O18.C49H74O14/c1-12-30(2)49-33(5)21-22-56(76-49)28-41-25-40(75-56)20-19-32(4)48(31(3)15-13-16-37-29-67-52-47(60)34(6)23-42(53(61)70-41)57(37,52)64)73-45-26-43(65-10)50(35(7)68-45)74-46-27-44(66-11)51(36(8)69-46)77-59-55(63)72-39-18-14-17-38(24-39)71-54(62)58-9;1-12-26(2)43-29(5)18-19-48(63-43)24-35-21-34(62-48)17-16-28(4)42(27(3)14-13-15-33-25-56-46-41(50)30(6)20-36(47(51)59-35)49(33,46)52)60-39-23-38(54-10)45(32(8)58-39)61-40-22-37(53-9)44(55-11)31(7)57-40/h13-19,21-24,30-31,33,35-36,40-52,60,64H,12,20,25-29H2,1-11H3,(H,58,62)(H,59,63);13-16,18-20,26-27,29,31-32,34-46,50,52H,12,17,21-25H2,1-11H3/b15-13+,32-19+,37-16+;14-13+,28-16+,33-15+/t30-,31-,33-,35-,36-,40+,41?,42-,43-,44-,45-,46-,47+,48-,49+,50-,51-,52+,56+,57+;26-,27-,29-,31-,32-,34+,35-,36-,37-,38-,39-,40-,41+,42?,43+,44-,45?,46+,48+,49+/m00/s1. The van der Waals surface area contributed by atoms with E-state index < -0.39 is 188 Å². The van der Waals surface area contributed by atoms with Gasteiger partial charge < -0.3 is 135 Å². The zero-order valence-corrected chi connectivity index (χ0v) is 85.3. The SMILES string of the molecule is CC[C@H](C)[C@H]1O[C@]2(C=C[C@@H]1C)CC1C[C@@H](C/C=C(\C)[C@@H](O[C@H]3C[C@H](OC)[C@@H](O[C@H]4C[C@H](OC)[C@@H](ONC(=O)Oc5cccc(OC(=O)NC)c5)[C@H](C)O4)[C@H](C)O3)[C@@H](C)/C=C/C=C3\CO[C@@H]4[C@H](O)C(C)=C[C@@H](C(=O)O1)[C@]34O)O2.CC[C@H](C)[C@H]1O[C@]2(C=C[C@@H]1C)C[C@@H]1C[C@@H](C/C=C(\C)C(O[C@H]3C[C@H](OC)C(O[C@H]4C[C@H](OC)[C@@H](OC)[C@H](C)O4)[C@H](C)O3)[C@@H](C)/C=C/C=C3\CO[C@@H]4[C@H](O)C(C)=C[C@@H](C(=O)O1)[C@]34O)O2. The van der Waals surface area contributed by atoms with Crippen LogP contribution in [0.15, 0.2) is 143 Å². The van der Waals surface area contributed by atoms with Crippen molar-refractivity contribution in [1.82, 2.24) is 10.8 Å². The molecule has 14 aliphatic rings. The number of allylic oxidation sites excluding steroid dienone is 4. The molecule has 0 radical (unpaired) electrons. The Hall–Kier alpha value is -6.86. The molecule has 1 aromatic carbocycles. The Morgan fingerprint density at radius 3 is 1.26 bits per heavy atom. The van der Waals surface area contributed by atoms with Crippen molar-refractivity contribution in [1.29, 1.82) is 0 Å². The van der Waals surface area contributed by atoms with Crippen LogP contribution in [-0.2, 0) is 114 Å². The van der Waals surface area contributed by atoms with Crippen LogP contribution < -0.4 is 20.3 Å². The lowest BCUT2D eigenvalue weighted by Crippen LogP contribution is -2.58. The largest absolute Gasteiger partial charge is 0.462 e. The molecule has 4 bridgehead atoms. The Bertz CT molecular complexity index is 4700. The van der Waals surface area contributed by atoms with Crippen molar-refractivity contribution in [3.8, 4) is 11.5 Å². The van der Waals surface area contributed by atoms with Crippen LogP contribution in [0.4, 0.5) is 9.59 Å². The van der Waals surface area contributed by atoms with Crippen LogP contribution in [0.1, 0.15) is 188 Å². The number of nitrogens with one attached hydrogen (secondary N) is 2. The Morgan fingerprint density at radius 2 is 0.864 bits per heavy atom. The minimum absolute atomic E-state index is 0.00202. The molecule has 8 saturated heterocycles. The van der Waals surface area contributed by atoms with E-state index in [2.05, 4.69) is 90.5 Å². The summed E-state index contributed by atoms with van der Waals surface area (Å²) >= 11 is 0. The molecule has 0 saturated carbocycles. The van der Waals surface area contributed by atoms with Crippen LogP contribution in [-0.4, -0.2) is 295 Å². The number of methoxy groups -OCH3 is 5. The van der Waals surface area contributed by atoms with Gasteiger partial charge in [0.1, 0.15) is 95.6 Å². The molecule has 140 heavy (non-hydrogen) atoms. The number of hydrogen-bond acceptors (Lipinski definition) is 32. The van der Waals surface area contributed by atoms with Crippen molar-refractivity contribution in [2.45, 2.75) is 382 Å². The van der Waals surface area contributed by atoms with Crippen LogP contribution in [0.25, 0.3) is 0 Å².